The van der Waals surface area contributed by atoms with Crippen LogP contribution in [0.25, 0.3) is 0 Å². The van der Waals surface area contributed by atoms with E-state index in [4.69, 9.17) is 5.73 Å². The van der Waals surface area contributed by atoms with Crippen LogP contribution in [-0.4, -0.2) is 53.5 Å². The molecule has 2 aliphatic rings. The molecule has 92 valence electrons. The van der Waals surface area contributed by atoms with Gasteiger partial charge < -0.3 is 15.5 Å². The van der Waals surface area contributed by atoms with E-state index in [2.05, 4.69) is 35.6 Å². The molecule has 2 rings (SSSR count). The minimum atomic E-state index is 0.240. The van der Waals surface area contributed by atoms with E-state index in [9.17, 15) is 0 Å². The van der Waals surface area contributed by atoms with Crippen molar-refractivity contribution >= 4 is 5.96 Å². The van der Waals surface area contributed by atoms with E-state index in [1.807, 2.05) is 0 Å². The van der Waals surface area contributed by atoms with Crippen LogP contribution in [0.2, 0.25) is 0 Å². The van der Waals surface area contributed by atoms with Gasteiger partial charge in [-0.15, -0.1) is 0 Å². The lowest BCUT2D eigenvalue weighted by Gasteiger charge is -2.46. The van der Waals surface area contributed by atoms with E-state index < -0.39 is 0 Å². The quantitative estimate of drug-likeness (QED) is 0.757. The van der Waals surface area contributed by atoms with Crippen LogP contribution in [0.3, 0.4) is 0 Å². The van der Waals surface area contributed by atoms with Crippen LogP contribution in [0.5, 0.6) is 0 Å². The summed E-state index contributed by atoms with van der Waals surface area (Å²) >= 11 is 0. The van der Waals surface area contributed by atoms with Crippen molar-refractivity contribution in [2.24, 2.45) is 10.7 Å². The lowest BCUT2D eigenvalue weighted by atomic mass is 9.86. The first-order valence-electron chi connectivity index (χ1n) is 6.41. The number of rotatable bonds is 2. The molecule has 0 bridgehead atoms. The van der Waals surface area contributed by atoms with Crippen LogP contribution < -0.4 is 5.73 Å². The Kier molecular flexibility index (Phi) is 3.10. The fourth-order valence-corrected chi connectivity index (χ4v) is 3.02. The molecule has 2 N–H and O–H groups in total. The van der Waals surface area contributed by atoms with Gasteiger partial charge in [-0.25, -0.2) is 0 Å². The van der Waals surface area contributed by atoms with Crippen LogP contribution >= 0.6 is 0 Å². The van der Waals surface area contributed by atoms with Crippen LogP contribution in [0.1, 0.15) is 33.6 Å². The zero-order valence-corrected chi connectivity index (χ0v) is 10.7. The number of likely N-dealkylation sites (tertiary alicyclic amines) is 1. The standard InChI is InChI=1S/C12H24N4/c1-4-16-11(13)14-9-12(16)5-7-15(8-6-12)10(2)3/h10H,4-9H2,1-3H3,(H2,13,14). The van der Waals surface area contributed by atoms with E-state index in [0.29, 0.717) is 6.04 Å². The SMILES string of the molecule is CCN1C(N)=NCC12CCN(C(C)C)CC2. The van der Waals surface area contributed by atoms with Gasteiger partial charge in [0.1, 0.15) is 0 Å². The molecule has 4 heteroatoms. The molecule has 0 aromatic heterocycles. The maximum Gasteiger partial charge on any atom is 0.191 e. The summed E-state index contributed by atoms with van der Waals surface area (Å²) in [6.45, 7) is 11.0. The highest BCUT2D eigenvalue weighted by Gasteiger charge is 2.43. The van der Waals surface area contributed by atoms with Crippen molar-refractivity contribution < 1.29 is 0 Å². The van der Waals surface area contributed by atoms with Crippen molar-refractivity contribution in [3.63, 3.8) is 0 Å². The minimum absolute atomic E-state index is 0.240. The first-order chi connectivity index (χ1) is 7.59. The molecule has 0 saturated carbocycles. The largest absolute Gasteiger partial charge is 0.370 e. The summed E-state index contributed by atoms with van der Waals surface area (Å²) in [6, 6.07) is 0.659. The van der Waals surface area contributed by atoms with Gasteiger partial charge >= 0.3 is 0 Å². The second-order valence-corrected chi connectivity index (χ2v) is 5.27. The highest BCUT2D eigenvalue weighted by Crippen LogP contribution is 2.33. The zero-order chi connectivity index (χ0) is 11.8. The number of guanidine groups is 1. The topological polar surface area (TPSA) is 44.9 Å². The Hall–Kier alpha value is -0.770. The van der Waals surface area contributed by atoms with Crippen LogP contribution in [0, 0.1) is 0 Å². The maximum atomic E-state index is 5.95. The third-order valence-corrected chi connectivity index (χ3v) is 4.16. The van der Waals surface area contributed by atoms with Gasteiger partial charge in [-0.05, 0) is 33.6 Å². The molecule has 1 fully saturated rings. The maximum absolute atomic E-state index is 5.95. The molecule has 0 aliphatic carbocycles. The molecule has 4 nitrogen and oxygen atoms in total. The Balaban J connectivity index is 2.02. The molecule has 2 aliphatic heterocycles. The Morgan fingerprint density at radius 2 is 2.00 bits per heavy atom. The number of piperidine rings is 1. The van der Waals surface area contributed by atoms with E-state index in [1.165, 1.54) is 25.9 Å². The molecule has 0 atom stereocenters. The van der Waals surface area contributed by atoms with Crippen molar-refractivity contribution in [3.8, 4) is 0 Å². The second-order valence-electron chi connectivity index (χ2n) is 5.27. The molecule has 2 heterocycles. The van der Waals surface area contributed by atoms with Gasteiger partial charge in [0.2, 0.25) is 0 Å². The van der Waals surface area contributed by atoms with Gasteiger partial charge in [0.25, 0.3) is 0 Å². The monoisotopic (exact) mass is 224 g/mol. The average Bonchev–Trinajstić information content (AvgIpc) is 2.56. The van der Waals surface area contributed by atoms with Crippen molar-refractivity contribution in [2.45, 2.75) is 45.2 Å². The van der Waals surface area contributed by atoms with Gasteiger partial charge in [-0.3, -0.25) is 4.99 Å². The summed E-state index contributed by atoms with van der Waals surface area (Å²) in [7, 11) is 0. The van der Waals surface area contributed by atoms with Crippen molar-refractivity contribution in [3.05, 3.63) is 0 Å². The fraction of sp³-hybridized carbons (Fsp3) is 0.917. The molecular formula is C12H24N4. The van der Waals surface area contributed by atoms with Crippen LogP contribution in [0.4, 0.5) is 0 Å². The summed E-state index contributed by atoms with van der Waals surface area (Å²) in [5.41, 5.74) is 6.19. The summed E-state index contributed by atoms with van der Waals surface area (Å²) in [5, 5.41) is 0. The Morgan fingerprint density at radius 1 is 1.38 bits per heavy atom. The third-order valence-electron chi connectivity index (χ3n) is 4.16. The number of hydrogen-bond donors (Lipinski definition) is 1. The first-order valence-corrected chi connectivity index (χ1v) is 6.41. The zero-order valence-electron chi connectivity index (χ0n) is 10.7. The van der Waals surface area contributed by atoms with Crippen molar-refractivity contribution in [1.82, 2.24) is 9.80 Å². The molecule has 0 aromatic carbocycles. The summed E-state index contributed by atoms with van der Waals surface area (Å²) in [5.74, 6) is 0.750. The van der Waals surface area contributed by atoms with E-state index in [1.54, 1.807) is 0 Å². The lowest BCUT2D eigenvalue weighted by molar-refractivity contribution is 0.0724. The third kappa shape index (κ3) is 1.79. The molecular weight excluding hydrogens is 200 g/mol. The number of nitrogens with two attached hydrogens (primary N) is 1. The summed E-state index contributed by atoms with van der Waals surface area (Å²) < 4.78 is 0. The van der Waals surface area contributed by atoms with Gasteiger partial charge in [-0.1, -0.05) is 0 Å². The highest BCUT2D eigenvalue weighted by molar-refractivity contribution is 5.81. The second kappa shape index (κ2) is 4.24. The molecule has 0 aromatic rings. The minimum Gasteiger partial charge on any atom is -0.370 e. The van der Waals surface area contributed by atoms with Gasteiger partial charge in [0, 0.05) is 25.7 Å². The van der Waals surface area contributed by atoms with E-state index in [-0.39, 0.29) is 5.54 Å². The summed E-state index contributed by atoms with van der Waals surface area (Å²) in [6.07, 6.45) is 2.40. The van der Waals surface area contributed by atoms with Gasteiger partial charge in [-0.2, -0.15) is 0 Å². The number of nitrogens with zero attached hydrogens (tertiary/aromatic N) is 3. The fourth-order valence-electron chi connectivity index (χ4n) is 3.02. The van der Waals surface area contributed by atoms with E-state index >= 15 is 0 Å². The Morgan fingerprint density at radius 3 is 2.50 bits per heavy atom. The molecule has 16 heavy (non-hydrogen) atoms. The van der Waals surface area contributed by atoms with Crippen molar-refractivity contribution in [1.29, 1.82) is 0 Å². The van der Waals surface area contributed by atoms with Gasteiger partial charge in [0.15, 0.2) is 5.96 Å². The Bertz CT molecular complexity index is 277. The summed E-state index contributed by atoms with van der Waals surface area (Å²) in [4.78, 5) is 9.30. The molecule has 1 saturated heterocycles. The van der Waals surface area contributed by atoms with Gasteiger partial charge in [0.05, 0.1) is 12.1 Å². The van der Waals surface area contributed by atoms with E-state index in [0.717, 1.165) is 19.0 Å². The number of aliphatic imine (C=N–C) groups is 1. The molecule has 0 unspecified atom stereocenters. The van der Waals surface area contributed by atoms with Crippen LogP contribution in [-0.2, 0) is 0 Å². The molecule has 1 spiro atoms. The predicted molar refractivity (Wildman–Crippen MR) is 67.5 cm³/mol. The predicted octanol–water partition coefficient (Wildman–Crippen LogP) is 0.880. The normalized spacial score (nSPS) is 25.5. The lowest BCUT2D eigenvalue weighted by Crippen LogP contribution is -2.57. The number of likely N-dealkylation sites (N-methyl/N-ethyl adjacent to an activating group) is 1. The highest BCUT2D eigenvalue weighted by atomic mass is 15.4. The number of hydrogen-bond acceptors (Lipinski definition) is 4. The molecule has 0 amide bonds. The Labute approximate surface area is 98.5 Å². The van der Waals surface area contributed by atoms with Crippen molar-refractivity contribution in [2.75, 3.05) is 26.2 Å². The first kappa shape index (κ1) is 11.7. The average molecular weight is 224 g/mol. The van der Waals surface area contributed by atoms with Crippen LogP contribution in [0.15, 0.2) is 4.99 Å². The molecule has 0 radical (unpaired) electrons. The smallest absolute Gasteiger partial charge is 0.191 e.